The molecule has 0 unspecified atom stereocenters. The van der Waals surface area contributed by atoms with Crippen LogP contribution < -0.4 is 5.32 Å². The molecule has 0 fully saturated rings. The third-order valence-electron chi connectivity index (χ3n) is 2.65. The molecule has 4 nitrogen and oxygen atoms in total. The van der Waals surface area contributed by atoms with Gasteiger partial charge in [-0.3, -0.25) is 0 Å². The Balaban J connectivity index is 1.89. The van der Waals surface area contributed by atoms with E-state index in [-0.39, 0.29) is 0 Å². The summed E-state index contributed by atoms with van der Waals surface area (Å²) in [5.74, 6) is 0.763. The van der Waals surface area contributed by atoms with Crippen molar-refractivity contribution in [2.75, 3.05) is 5.32 Å². The average Bonchev–Trinajstić information content (AvgIpc) is 2.79. The minimum absolute atomic E-state index is 0.690. The van der Waals surface area contributed by atoms with Gasteiger partial charge in [0.25, 0.3) is 0 Å². The highest BCUT2D eigenvalue weighted by atomic mass is 79.9. The quantitative estimate of drug-likeness (QED) is 0.924. The minimum atomic E-state index is 0.690. The van der Waals surface area contributed by atoms with Crippen molar-refractivity contribution in [3.05, 3.63) is 46.3 Å². The van der Waals surface area contributed by atoms with E-state index in [9.17, 15) is 0 Å². The standard InChI is InChI=1S/C12H10BrN3O/c13-11-4-14-7-15-12(11)16-10-2-1-8-5-17-6-9(8)3-10/h1-4,7H,5-6H2,(H,14,15,16). The molecule has 0 amide bonds. The van der Waals surface area contributed by atoms with Crippen molar-refractivity contribution in [2.45, 2.75) is 13.2 Å². The predicted octanol–water partition coefficient (Wildman–Crippen LogP) is 3.01. The maximum Gasteiger partial charge on any atom is 0.148 e. The number of hydrogen-bond acceptors (Lipinski definition) is 4. The number of nitrogens with zero attached hydrogens (tertiary/aromatic N) is 2. The Bertz CT molecular complexity index is 559. The number of ether oxygens (including phenoxy) is 1. The highest BCUT2D eigenvalue weighted by Gasteiger charge is 2.11. The summed E-state index contributed by atoms with van der Waals surface area (Å²) in [6.45, 7) is 1.41. The zero-order valence-electron chi connectivity index (χ0n) is 8.98. The summed E-state index contributed by atoms with van der Waals surface area (Å²) in [7, 11) is 0. The van der Waals surface area contributed by atoms with E-state index in [2.05, 4.69) is 43.3 Å². The van der Waals surface area contributed by atoms with E-state index in [1.54, 1.807) is 6.20 Å². The maximum absolute atomic E-state index is 5.38. The molecule has 1 aromatic heterocycles. The van der Waals surface area contributed by atoms with Gasteiger partial charge in [-0.1, -0.05) is 6.07 Å². The van der Waals surface area contributed by atoms with Gasteiger partial charge in [0.1, 0.15) is 12.1 Å². The molecule has 0 aliphatic carbocycles. The van der Waals surface area contributed by atoms with Gasteiger partial charge in [0, 0.05) is 11.9 Å². The first-order valence-corrected chi connectivity index (χ1v) is 6.04. The number of aromatic nitrogens is 2. The normalized spacial score (nSPS) is 13.5. The van der Waals surface area contributed by atoms with Crippen LogP contribution in [0.2, 0.25) is 0 Å². The summed E-state index contributed by atoms with van der Waals surface area (Å²) in [5, 5.41) is 3.25. The molecule has 5 heteroatoms. The lowest BCUT2D eigenvalue weighted by atomic mass is 10.1. The molecule has 1 aliphatic rings. The van der Waals surface area contributed by atoms with Crippen molar-refractivity contribution in [3.63, 3.8) is 0 Å². The average molecular weight is 292 g/mol. The fourth-order valence-electron chi connectivity index (χ4n) is 1.79. The number of rotatable bonds is 2. The lowest BCUT2D eigenvalue weighted by Crippen LogP contribution is -1.96. The molecule has 1 aromatic carbocycles. The van der Waals surface area contributed by atoms with E-state index < -0.39 is 0 Å². The van der Waals surface area contributed by atoms with E-state index in [1.165, 1.54) is 17.5 Å². The molecule has 0 spiro atoms. The van der Waals surface area contributed by atoms with E-state index >= 15 is 0 Å². The van der Waals surface area contributed by atoms with Gasteiger partial charge < -0.3 is 10.1 Å². The monoisotopic (exact) mass is 291 g/mol. The molecule has 0 radical (unpaired) electrons. The van der Waals surface area contributed by atoms with Gasteiger partial charge in [-0.15, -0.1) is 0 Å². The van der Waals surface area contributed by atoms with Crippen LogP contribution >= 0.6 is 15.9 Å². The Morgan fingerprint density at radius 2 is 2.12 bits per heavy atom. The lowest BCUT2D eigenvalue weighted by Gasteiger charge is -2.08. The SMILES string of the molecule is Brc1cncnc1Nc1ccc2c(c1)COC2. The van der Waals surface area contributed by atoms with Crippen molar-refractivity contribution in [1.29, 1.82) is 0 Å². The summed E-state index contributed by atoms with van der Waals surface area (Å²) < 4.78 is 6.23. The fourth-order valence-corrected chi connectivity index (χ4v) is 2.11. The first kappa shape index (κ1) is 10.7. The maximum atomic E-state index is 5.38. The summed E-state index contributed by atoms with van der Waals surface area (Å²) in [4.78, 5) is 8.09. The molecule has 0 atom stereocenters. The van der Waals surface area contributed by atoms with Crippen LogP contribution in [0.1, 0.15) is 11.1 Å². The van der Waals surface area contributed by atoms with Crippen LogP contribution in [0.5, 0.6) is 0 Å². The van der Waals surface area contributed by atoms with Gasteiger partial charge in [0.15, 0.2) is 0 Å². The second-order valence-corrected chi connectivity index (χ2v) is 4.67. The molecule has 17 heavy (non-hydrogen) atoms. The van der Waals surface area contributed by atoms with Crippen LogP contribution in [-0.4, -0.2) is 9.97 Å². The van der Waals surface area contributed by atoms with E-state index in [0.29, 0.717) is 13.2 Å². The Hall–Kier alpha value is -1.46. The Kier molecular flexibility index (Phi) is 2.78. The molecule has 2 heterocycles. The molecular weight excluding hydrogens is 282 g/mol. The van der Waals surface area contributed by atoms with Gasteiger partial charge in [-0.25, -0.2) is 9.97 Å². The zero-order chi connectivity index (χ0) is 11.7. The first-order valence-electron chi connectivity index (χ1n) is 5.25. The number of halogens is 1. The molecule has 0 saturated heterocycles. The fraction of sp³-hybridized carbons (Fsp3) is 0.167. The number of fused-ring (bicyclic) bond motifs is 1. The van der Waals surface area contributed by atoms with Crippen molar-refractivity contribution in [1.82, 2.24) is 9.97 Å². The van der Waals surface area contributed by atoms with E-state index in [1.807, 2.05) is 6.07 Å². The van der Waals surface area contributed by atoms with Gasteiger partial charge in [0.2, 0.25) is 0 Å². The summed E-state index contributed by atoms with van der Waals surface area (Å²) in [6, 6.07) is 6.21. The molecule has 2 aromatic rings. The van der Waals surface area contributed by atoms with Crippen LogP contribution in [-0.2, 0) is 18.0 Å². The highest BCUT2D eigenvalue weighted by molar-refractivity contribution is 9.10. The Morgan fingerprint density at radius 3 is 3.00 bits per heavy atom. The smallest absolute Gasteiger partial charge is 0.148 e. The third kappa shape index (κ3) is 2.16. The van der Waals surface area contributed by atoms with Crippen LogP contribution in [0, 0.1) is 0 Å². The second kappa shape index (κ2) is 4.43. The van der Waals surface area contributed by atoms with Crippen LogP contribution in [0.25, 0.3) is 0 Å². The van der Waals surface area contributed by atoms with Gasteiger partial charge in [-0.2, -0.15) is 0 Å². The number of nitrogens with one attached hydrogen (secondary N) is 1. The van der Waals surface area contributed by atoms with E-state index in [0.717, 1.165) is 16.0 Å². The van der Waals surface area contributed by atoms with E-state index in [4.69, 9.17) is 4.74 Å². The largest absolute Gasteiger partial charge is 0.372 e. The predicted molar refractivity (Wildman–Crippen MR) is 67.9 cm³/mol. The Morgan fingerprint density at radius 1 is 1.24 bits per heavy atom. The molecule has 0 saturated carbocycles. The molecular formula is C12H10BrN3O. The number of anilines is 2. The van der Waals surface area contributed by atoms with Crippen molar-refractivity contribution in [3.8, 4) is 0 Å². The first-order chi connectivity index (χ1) is 8.33. The van der Waals surface area contributed by atoms with Gasteiger partial charge >= 0.3 is 0 Å². The van der Waals surface area contributed by atoms with Crippen molar-refractivity contribution < 1.29 is 4.74 Å². The molecule has 1 aliphatic heterocycles. The summed E-state index contributed by atoms with van der Waals surface area (Å²) in [5.41, 5.74) is 3.51. The minimum Gasteiger partial charge on any atom is -0.372 e. The number of hydrogen-bond donors (Lipinski definition) is 1. The third-order valence-corrected chi connectivity index (χ3v) is 3.23. The van der Waals surface area contributed by atoms with Crippen LogP contribution in [0.15, 0.2) is 35.2 Å². The van der Waals surface area contributed by atoms with Crippen molar-refractivity contribution >= 4 is 27.4 Å². The van der Waals surface area contributed by atoms with Gasteiger partial charge in [-0.05, 0) is 39.2 Å². The van der Waals surface area contributed by atoms with Crippen LogP contribution in [0.4, 0.5) is 11.5 Å². The number of benzene rings is 1. The highest BCUT2D eigenvalue weighted by Crippen LogP contribution is 2.26. The summed E-state index contributed by atoms with van der Waals surface area (Å²) in [6.07, 6.45) is 3.23. The molecule has 3 rings (SSSR count). The van der Waals surface area contributed by atoms with Crippen molar-refractivity contribution in [2.24, 2.45) is 0 Å². The Labute approximate surface area is 107 Å². The summed E-state index contributed by atoms with van der Waals surface area (Å²) >= 11 is 3.40. The molecule has 1 N–H and O–H groups in total. The second-order valence-electron chi connectivity index (χ2n) is 3.82. The van der Waals surface area contributed by atoms with Gasteiger partial charge in [0.05, 0.1) is 17.7 Å². The zero-order valence-corrected chi connectivity index (χ0v) is 10.6. The topological polar surface area (TPSA) is 47.0 Å². The molecule has 86 valence electrons. The van der Waals surface area contributed by atoms with Crippen LogP contribution in [0.3, 0.4) is 0 Å². The lowest BCUT2D eigenvalue weighted by molar-refractivity contribution is 0.134. The molecule has 0 bridgehead atoms.